The maximum absolute atomic E-state index is 3.61. The summed E-state index contributed by atoms with van der Waals surface area (Å²) in [5.41, 5.74) is 15.3. The molecule has 0 unspecified atom stereocenters. The van der Waals surface area contributed by atoms with Gasteiger partial charge in [-0.1, -0.05) is 52.0 Å². The van der Waals surface area contributed by atoms with Gasteiger partial charge < -0.3 is 19.9 Å². The van der Waals surface area contributed by atoms with Crippen LogP contribution in [0.3, 0.4) is 0 Å². The van der Waals surface area contributed by atoms with Crippen molar-refractivity contribution in [2.45, 2.75) is 53.4 Å². The van der Waals surface area contributed by atoms with Gasteiger partial charge in [-0.25, -0.2) is 0 Å². The van der Waals surface area contributed by atoms with E-state index in [0.29, 0.717) is 0 Å². The van der Waals surface area contributed by atoms with E-state index in [1.165, 1.54) is 126 Å². The van der Waals surface area contributed by atoms with Gasteiger partial charge in [0.25, 0.3) is 0 Å². The van der Waals surface area contributed by atoms with Crippen molar-refractivity contribution in [3.63, 3.8) is 0 Å². The highest BCUT2D eigenvalue weighted by Gasteiger charge is 2.18. The monoisotopic (exact) mass is 1080 g/mol. The minimum Gasteiger partial charge on any atom is -0.353 e. The first-order valence-corrected chi connectivity index (χ1v) is 31.0. The number of H-pyrrole nitrogens is 4. The Morgan fingerprint density at radius 2 is 0.472 bits per heavy atom. The first-order chi connectivity index (χ1) is 35.5. The number of nitrogens with one attached hydrogen (secondary N) is 4. The Bertz CT molecular complexity index is 3200. The van der Waals surface area contributed by atoms with Gasteiger partial charge in [-0.2, -0.15) is 0 Å². The maximum atomic E-state index is 3.61. The Morgan fingerprint density at radius 3 is 0.653 bits per heavy atom. The van der Waals surface area contributed by atoms with Crippen molar-refractivity contribution in [1.82, 2.24) is 19.9 Å². The van der Waals surface area contributed by atoms with Crippen LogP contribution < -0.4 is 0 Å². The van der Waals surface area contributed by atoms with Crippen molar-refractivity contribution >= 4 is 113 Å². The third kappa shape index (κ3) is 10.2. The molecule has 0 aromatic carbocycles. The lowest BCUT2D eigenvalue weighted by Crippen LogP contribution is -1.86. The predicted molar refractivity (Wildman–Crippen MR) is 324 cm³/mol. The smallest absolute Gasteiger partial charge is 0.0560 e. The average molecular weight is 1090 g/mol. The minimum atomic E-state index is 1.02. The Kier molecular flexibility index (Phi) is 14.9. The van der Waals surface area contributed by atoms with Crippen molar-refractivity contribution in [1.29, 1.82) is 0 Å². The number of thiophene rings is 8. The highest BCUT2D eigenvalue weighted by molar-refractivity contribution is 7.18. The summed E-state index contributed by atoms with van der Waals surface area (Å²) in [6.45, 7) is 9.11. The number of allylic oxidation sites excluding steroid dienone is 4. The van der Waals surface area contributed by atoms with E-state index in [1.54, 1.807) is 45.3 Å². The summed E-state index contributed by atoms with van der Waals surface area (Å²) in [4.78, 5) is 30.2. The quantitative estimate of drug-likeness (QED) is 0.0745. The molecule has 0 spiro atoms. The van der Waals surface area contributed by atoms with Crippen LogP contribution in [0.5, 0.6) is 0 Å². The van der Waals surface area contributed by atoms with E-state index in [1.807, 2.05) is 45.3 Å². The fraction of sp³-hybridized carbons (Fsp3) is 0.133. The van der Waals surface area contributed by atoms with Gasteiger partial charge in [0.2, 0.25) is 0 Å². The van der Waals surface area contributed by atoms with E-state index in [-0.39, 0.29) is 0 Å². The second-order valence-electron chi connectivity index (χ2n) is 17.0. The fourth-order valence-corrected chi connectivity index (χ4v) is 16.5. The Morgan fingerprint density at radius 1 is 0.264 bits per heavy atom. The minimum absolute atomic E-state index is 1.02. The molecule has 12 aromatic rings. The summed E-state index contributed by atoms with van der Waals surface area (Å²) in [6.07, 6.45) is 4.08. The second-order valence-corrected chi connectivity index (χ2v) is 25.2. The molecule has 0 aliphatic rings. The summed E-state index contributed by atoms with van der Waals surface area (Å²) >= 11 is 14.6. The first-order valence-electron chi connectivity index (χ1n) is 24.2. The van der Waals surface area contributed by atoms with E-state index in [0.717, 1.165) is 25.7 Å². The topological polar surface area (TPSA) is 63.2 Å². The molecule has 0 bridgehead atoms. The summed E-state index contributed by atoms with van der Waals surface area (Å²) in [5.74, 6) is 0. The Labute approximate surface area is 453 Å². The zero-order valence-electron chi connectivity index (χ0n) is 40.3. The molecule has 0 saturated heterocycles. The van der Waals surface area contributed by atoms with Crippen LogP contribution in [-0.2, 0) is 0 Å². The summed E-state index contributed by atoms with van der Waals surface area (Å²) < 4.78 is 0. The van der Waals surface area contributed by atoms with Gasteiger partial charge in [0.05, 0.1) is 84.6 Å². The van der Waals surface area contributed by atoms with Gasteiger partial charge >= 0.3 is 0 Å². The molecule has 0 fully saturated rings. The van der Waals surface area contributed by atoms with Gasteiger partial charge in [0, 0.05) is 19.5 Å². The SMILES string of the molecule is CC/C(=C(/CC)c1ccc(-c2ccc(-c3cccs3)[nH]2)s1)c1ccc(-c2ccc(-c3cccs3)[nH]2)s1.CC/C(=C(\CC)c1ccc(-c2ccc(-c3cccs3)[nH]2)s1)c1ccc(-c2ccc(-c3cccs3)[nH]2)s1. The van der Waals surface area contributed by atoms with Crippen LogP contribution in [0.1, 0.15) is 72.9 Å². The molecule has 12 heterocycles. The second kappa shape index (κ2) is 22.1. The van der Waals surface area contributed by atoms with Gasteiger partial charge in [0.1, 0.15) is 0 Å². The molecule has 0 atom stereocenters. The lowest BCUT2D eigenvalue weighted by molar-refractivity contribution is 1.20. The van der Waals surface area contributed by atoms with Crippen molar-refractivity contribution < 1.29 is 0 Å². The van der Waals surface area contributed by atoms with Crippen LogP contribution in [0, 0.1) is 0 Å². The molecule has 4 nitrogen and oxygen atoms in total. The van der Waals surface area contributed by atoms with Gasteiger partial charge in [-0.15, -0.1) is 90.7 Å². The lowest BCUT2D eigenvalue weighted by atomic mass is 10.0. The van der Waals surface area contributed by atoms with Crippen LogP contribution in [0.15, 0.2) is 167 Å². The molecule has 0 amide bonds. The number of hydrogen-bond acceptors (Lipinski definition) is 8. The molecule has 4 N–H and O–H groups in total. The molecule has 0 saturated carbocycles. The average Bonchev–Trinajstić information content (AvgIpc) is 4.25. The van der Waals surface area contributed by atoms with Crippen LogP contribution in [0.25, 0.3) is 107 Å². The van der Waals surface area contributed by atoms with E-state index < -0.39 is 0 Å². The zero-order valence-corrected chi connectivity index (χ0v) is 46.8. The Hall–Kier alpha value is -5.80. The third-order valence-electron chi connectivity index (χ3n) is 12.7. The van der Waals surface area contributed by atoms with E-state index in [4.69, 9.17) is 0 Å². The van der Waals surface area contributed by atoms with Gasteiger partial charge in [0.15, 0.2) is 0 Å². The van der Waals surface area contributed by atoms with Gasteiger partial charge in [-0.3, -0.25) is 0 Å². The van der Waals surface area contributed by atoms with Crippen LogP contribution >= 0.6 is 90.7 Å². The molecule has 0 radical (unpaired) electrons. The molecule has 360 valence electrons. The largest absolute Gasteiger partial charge is 0.353 e. The van der Waals surface area contributed by atoms with Crippen molar-refractivity contribution in [3.8, 4) is 84.6 Å². The molecule has 0 aliphatic carbocycles. The predicted octanol–water partition coefficient (Wildman–Crippen LogP) is 22.0. The van der Waals surface area contributed by atoms with Gasteiger partial charge in [-0.05, 0) is 191 Å². The lowest BCUT2D eigenvalue weighted by Gasteiger charge is -2.10. The van der Waals surface area contributed by atoms with Crippen molar-refractivity contribution in [2.75, 3.05) is 0 Å². The maximum Gasteiger partial charge on any atom is 0.0560 e. The number of rotatable bonds is 16. The fourth-order valence-electron chi connectivity index (χ4n) is 9.18. The number of aromatic nitrogens is 4. The molecule has 12 rings (SSSR count). The zero-order chi connectivity index (χ0) is 49.0. The summed E-state index contributed by atoms with van der Waals surface area (Å²) in [5, 5.41) is 8.49. The molecular weight excluding hydrogens is 1030 g/mol. The summed E-state index contributed by atoms with van der Waals surface area (Å²) in [6, 6.07) is 52.8. The van der Waals surface area contributed by atoms with Crippen LogP contribution in [-0.4, -0.2) is 19.9 Å². The molecule has 12 heteroatoms. The molecule has 72 heavy (non-hydrogen) atoms. The summed E-state index contributed by atoms with van der Waals surface area (Å²) in [7, 11) is 0. The Balaban J connectivity index is 0.000000156. The van der Waals surface area contributed by atoms with Crippen molar-refractivity contribution in [3.05, 3.63) is 187 Å². The third-order valence-corrected chi connectivity index (χ3v) is 21.0. The first kappa shape index (κ1) is 48.5. The van der Waals surface area contributed by atoms with Crippen LogP contribution in [0.2, 0.25) is 0 Å². The number of hydrogen-bond donors (Lipinski definition) is 4. The number of aromatic amines is 4. The van der Waals surface area contributed by atoms with E-state index in [2.05, 4.69) is 215 Å². The highest BCUT2D eigenvalue weighted by atomic mass is 32.1. The van der Waals surface area contributed by atoms with Crippen LogP contribution in [0.4, 0.5) is 0 Å². The molecule has 12 aromatic heterocycles. The van der Waals surface area contributed by atoms with E-state index in [9.17, 15) is 0 Å². The molecule has 0 aliphatic heterocycles. The van der Waals surface area contributed by atoms with Crippen molar-refractivity contribution in [2.24, 2.45) is 0 Å². The highest BCUT2D eigenvalue weighted by Crippen LogP contribution is 2.44. The van der Waals surface area contributed by atoms with E-state index >= 15 is 0 Å². The normalized spacial score (nSPS) is 12.3. The molecular formula is C60H52N4S8. The standard InChI is InChI=1S/2C30H26N2S4/c2*1-3-19(25-13-15-29(35-25)23-11-9-21(31-23)27-7-5-17-33-27)20(4-2)26-14-16-30(36-26)24-12-10-22(32-24)28-8-6-18-34-28/h2*5-18,31-32H,3-4H2,1-2H3/b20-19+;20-19-.